The summed E-state index contributed by atoms with van der Waals surface area (Å²) in [7, 11) is 0. The Bertz CT molecular complexity index is 818. The normalized spacial score (nSPS) is 11.4. The summed E-state index contributed by atoms with van der Waals surface area (Å²) in [5.41, 5.74) is 0. The minimum atomic E-state index is -1.41. The van der Waals surface area contributed by atoms with Crippen LogP contribution in [0.1, 0.15) is 139 Å². The molecule has 13 heteroatoms. The molecule has 0 aromatic heterocycles. The van der Waals surface area contributed by atoms with Crippen molar-refractivity contribution in [3.05, 3.63) is 0 Å². The van der Waals surface area contributed by atoms with E-state index in [-0.39, 0.29) is 82.4 Å². The second-order valence-corrected chi connectivity index (χ2v) is 10.9. The van der Waals surface area contributed by atoms with Gasteiger partial charge in [0, 0.05) is 19.3 Å². The Labute approximate surface area is 325 Å². The van der Waals surface area contributed by atoms with E-state index in [9.17, 15) is 38.7 Å². The molecular formula is C34H61KO12. The predicted octanol–water partition coefficient (Wildman–Crippen LogP) is 2.26. The number of rotatable bonds is 21. The molecule has 0 amide bonds. The van der Waals surface area contributed by atoms with Gasteiger partial charge in [-0.05, 0) is 57.8 Å². The van der Waals surface area contributed by atoms with Crippen molar-refractivity contribution in [1.29, 1.82) is 0 Å². The Morgan fingerprint density at radius 2 is 0.809 bits per heavy atom. The quantitative estimate of drug-likeness (QED) is 0.0797. The van der Waals surface area contributed by atoms with E-state index in [1.165, 1.54) is 0 Å². The standard InChI is InChI=1S/2C11H20O3.C7H14O2.C5H8O4.K/c2*1-4-9(3)6-7-10(12)8-11(13)14-5-2;1-3-6(2)4-5-7(8)9;1-2-9-5(8)3-4(6)7;/h2*9H,4-8H2,1-3H3;6H,3-5H2,1-2H3,(H,8,9);2-3H2,1H3,(H,6,7);/q;;;;+1/p-1. The molecule has 0 fully saturated rings. The maximum Gasteiger partial charge on any atom is 1.00 e. The number of hydrogen-bond donors (Lipinski definition) is 1. The maximum atomic E-state index is 11.2. The minimum Gasteiger partial charge on any atom is -0.550 e. The number of aliphatic carboxylic acids is 2. The molecule has 0 aromatic carbocycles. The molecule has 47 heavy (non-hydrogen) atoms. The van der Waals surface area contributed by atoms with Gasteiger partial charge < -0.3 is 29.2 Å². The van der Waals surface area contributed by atoms with Gasteiger partial charge in [0.25, 0.3) is 0 Å². The fourth-order valence-electron chi connectivity index (χ4n) is 3.05. The fraction of sp³-hybridized carbons (Fsp3) is 0.794. The molecule has 0 radical (unpaired) electrons. The molecule has 3 atom stereocenters. The second-order valence-electron chi connectivity index (χ2n) is 10.9. The van der Waals surface area contributed by atoms with Crippen molar-refractivity contribution in [1.82, 2.24) is 0 Å². The number of carbonyl (C=O) groups is 7. The number of carboxylic acid groups (broad SMARTS) is 2. The fourth-order valence-corrected chi connectivity index (χ4v) is 3.05. The van der Waals surface area contributed by atoms with Gasteiger partial charge in [-0.2, -0.15) is 0 Å². The summed E-state index contributed by atoms with van der Waals surface area (Å²) < 4.78 is 13.7. The number of carboxylic acids is 2. The van der Waals surface area contributed by atoms with E-state index in [1.807, 2.05) is 0 Å². The van der Waals surface area contributed by atoms with E-state index in [0.717, 1.165) is 38.5 Å². The van der Waals surface area contributed by atoms with Crippen LogP contribution < -0.4 is 56.5 Å². The van der Waals surface area contributed by atoms with E-state index >= 15 is 0 Å². The molecule has 0 bridgehead atoms. The van der Waals surface area contributed by atoms with Gasteiger partial charge in [0.1, 0.15) is 24.4 Å². The molecule has 12 nitrogen and oxygen atoms in total. The molecule has 0 aromatic rings. The van der Waals surface area contributed by atoms with Crippen LogP contribution in [-0.2, 0) is 47.8 Å². The SMILES string of the molecule is CCC(C)CCC(=O)O.CCOC(=O)CC(=O)CCC(C)CC.CCOC(=O)CC(=O)CCC(C)CC.CCOC(=O)CC(=O)[O-].[K+]. The Hall–Kier alpha value is -1.67. The monoisotopic (exact) mass is 700 g/mol. The summed E-state index contributed by atoms with van der Waals surface area (Å²) >= 11 is 0. The van der Waals surface area contributed by atoms with Gasteiger partial charge in [-0.15, -0.1) is 0 Å². The van der Waals surface area contributed by atoms with Crippen LogP contribution in [0, 0.1) is 17.8 Å². The molecule has 0 rings (SSSR count). The van der Waals surface area contributed by atoms with Crippen molar-refractivity contribution in [2.24, 2.45) is 17.8 Å². The molecule has 0 aliphatic rings. The van der Waals surface area contributed by atoms with Crippen LogP contribution in [-0.4, -0.2) is 66.3 Å². The number of carbonyl (C=O) groups excluding carboxylic acids is 6. The summed E-state index contributed by atoms with van der Waals surface area (Å²) in [6, 6.07) is 0. The van der Waals surface area contributed by atoms with Gasteiger partial charge in [0.05, 0.1) is 32.2 Å². The Kier molecular flexibility index (Phi) is 45.2. The zero-order valence-electron chi connectivity index (χ0n) is 30.8. The third kappa shape index (κ3) is 48.8. The van der Waals surface area contributed by atoms with E-state index in [1.54, 1.807) is 20.8 Å². The maximum absolute atomic E-state index is 11.2. The van der Waals surface area contributed by atoms with E-state index in [4.69, 9.17) is 5.11 Å². The van der Waals surface area contributed by atoms with E-state index < -0.39 is 36.3 Å². The van der Waals surface area contributed by atoms with Crippen molar-refractivity contribution < 1.29 is 109 Å². The second kappa shape index (κ2) is 38.8. The van der Waals surface area contributed by atoms with Gasteiger partial charge in [-0.1, -0.05) is 60.8 Å². The Morgan fingerprint density at radius 3 is 1.04 bits per heavy atom. The van der Waals surface area contributed by atoms with Crippen LogP contribution in [0.5, 0.6) is 0 Å². The summed E-state index contributed by atoms with van der Waals surface area (Å²) in [5.74, 6) is -2.00. The molecule has 0 aliphatic heterocycles. The molecule has 0 saturated carbocycles. The van der Waals surface area contributed by atoms with Gasteiger partial charge in [0.2, 0.25) is 0 Å². The smallest absolute Gasteiger partial charge is 0.550 e. The molecule has 270 valence electrons. The van der Waals surface area contributed by atoms with Crippen molar-refractivity contribution in [3.8, 4) is 0 Å². The number of esters is 3. The third-order valence-electron chi connectivity index (χ3n) is 6.66. The summed E-state index contributed by atoms with van der Waals surface area (Å²) in [6.07, 6.45) is 6.29. The van der Waals surface area contributed by atoms with Crippen LogP contribution in [0.3, 0.4) is 0 Å². The van der Waals surface area contributed by atoms with Gasteiger partial charge in [0.15, 0.2) is 0 Å². The van der Waals surface area contributed by atoms with Crippen LogP contribution in [0.25, 0.3) is 0 Å². The topological polar surface area (TPSA) is 190 Å². The van der Waals surface area contributed by atoms with Crippen LogP contribution in [0.15, 0.2) is 0 Å². The molecular weight excluding hydrogens is 639 g/mol. The van der Waals surface area contributed by atoms with Crippen molar-refractivity contribution in [3.63, 3.8) is 0 Å². The number of Topliss-reactive ketones (excluding diaryl/α,β-unsaturated/α-hetero) is 2. The number of ketones is 2. The van der Waals surface area contributed by atoms with Crippen LogP contribution in [0.4, 0.5) is 0 Å². The summed E-state index contributed by atoms with van der Waals surface area (Å²) in [4.78, 5) is 74.2. The largest absolute Gasteiger partial charge is 1.00 e. The first-order valence-electron chi connectivity index (χ1n) is 16.4. The Balaban J connectivity index is -0.000000169. The number of hydrogen-bond acceptors (Lipinski definition) is 11. The van der Waals surface area contributed by atoms with Crippen molar-refractivity contribution in [2.75, 3.05) is 19.8 Å². The minimum absolute atomic E-state index is 0. The summed E-state index contributed by atoms with van der Waals surface area (Å²) in [6.45, 7) is 18.5. The zero-order valence-corrected chi connectivity index (χ0v) is 33.9. The zero-order chi connectivity index (χ0) is 36.5. The van der Waals surface area contributed by atoms with Gasteiger partial charge in [-0.3, -0.25) is 28.8 Å². The molecule has 0 saturated heterocycles. The first kappa shape index (κ1) is 54.8. The average Bonchev–Trinajstić information content (AvgIpc) is 2.98. The van der Waals surface area contributed by atoms with Crippen LogP contribution in [0.2, 0.25) is 0 Å². The average molecular weight is 701 g/mol. The van der Waals surface area contributed by atoms with Crippen molar-refractivity contribution in [2.45, 2.75) is 139 Å². The molecule has 0 spiro atoms. The van der Waals surface area contributed by atoms with E-state index in [0.29, 0.717) is 50.2 Å². The molecule has 3 unspecified atom stereocenters. The van der Waals surface area contributed by atoms with Gasteiger partial charge in [-0.25, -0.2) is 0 Å². The third-order valence-corrected chi connectivity index (χ3v) is 6.66. The van der Waals surface area contributed by atoms with Crippen molar-refractivity contribution >= 4 is 41.4 Å². The van der Waals surface area contributed by atoms with Gasteiger partial charge >= 0.3 is 75.3 Å². The molecule has 0 aliphatic carbocycles. The first-order valence-corrected chi connectivity index (χ1v) is 16.4. The van der Waals surface area contributed by atoms with Crippen LogP contribution >= 0.6 is 0 Å². The predicted molar refractivity (Wildman–Crippen MR) is 172 cm³/mol. The first-order chi connectivity index (χ1) is 21.5. The summed E-state index contributed by atoms with van der Waals surface area (Å²) in [5, 5.41) is 17.9. The number of ether oxygens (including phenoxy) is 3. The van der Waals surface area contributed by atoms with E-state index in [2.05, 4.69) is 55.8 Å². The Morgan fingerprint density at radius 1 is 0.532 bits per heavy atom. The molecule has 0 heterocycles. The molecule has 1 N–H and O–H groups in total.